The van der Waals surface area contributed by atoms with Crippen LogP contribution < -0.4 is 10.2 Å². The van der Waals surface area contributed by atoms with Crippen molar-refractivity contribution in [3.8, 4) is 0 Å². The first kappa shape index (κ1) is 13.6. The van der Waals surface area contributed by atoms with Crippen molar-refractivity contribution in [2.75, 3.05) is 11.9 Å². The Bertz CT molecular complexity index is 493. The number of nitrogens with one attached hydrogen (secondary N) is 1. The lowest BCUT2D eigenvalue weighted by Gasteiger charge is -2.24. The summed E-state index contributed by atoms with van der Waals surface area (Å²) in [7, 11) is 1.90. The maximum atomic E-state index is 5.59. The minimum atomic E-state index is 0.335. The van der Waals surface area contributed by atoms with Gasteiger partial charge in [-0.05, 0) is 26.5 Å². The molecular formula is C15H21N3O. The number of anilines is 1. The smallest absolute Gasteiger partial charge is 0.298 e. The van der Waals surface area contributed by atoms with E-state index in [9.17, 15) is 0 Å². The molecule has 0 aliphatic carbocycles. The van der Waals surface area contributed by atoms with Crippen LogP contribution in [0.2, 0.25) is 0 Å². The molecule has 0 spiro atoms. The van der Waals surface area contributed by atoms with E-state index in [0.29, 0.717) is 12.1 Å². The van der Waals surface area contributed by atoms with Crippen LogP contribution in [-0.4, -0.2) is 18.1 Å². The minimum Gasteiger partial charge on any atom is -0.432 e. The van der Waals surface area contributed by atoms with E-state index in [2.05, 4.69) is 53.3 Å². The molecule has 102 valence electrons. The molecule has 1 aromatic heterocycles. The van der Waals surface area contributed by atoms with Gasteiger partial charge in [0.2, 0.25) is 0 Å². The Labute approximate surface area is 114 Å². The highest BCUT2D eigenvalue weighted by Gasteiger charge is 2.16. The van der Waals surface area contributed by atoms with Crippen LogP contribution in [0.5, 0.6) is 0 Å². The zero-order valence-electron chi connectivity index (χ0n) is 11.8. The van der Waals surface area contributed by atoms with Crippen LogP contribution in [0.15, 0.2) is 41.0 Å². The Hall–Kier alpha value is -1.81. The Kier molecular flexibility index (Phi) is 4.58. The van der Waals surface area contributed by atoms with Crippen molar-refractivity contribution in [2.45, 2.75) is 33.0 Å². The molecule has 1 N–H and O–H groups in total. The van der Waals surface area contributed by atoms with E-state index in [1.165, 1.54) is 5.56 Å². The molecule has 4 heteroatoms. The van der Waals surface area contributed by atoms with Gasteiger partial charge >= 0.3 is 0 Å². The standard InChI is InChI=1S/C15H21N3O/c1-12(2)18(10-13-7-5-4-6-8-13)15-17-14(9-16-3)11-19-15/h4-8,11-12,16H,9-10H2,1-3H3. The van der Waals surface area contributed by atoms with Crippen molar-refractivity contribution in [3.63, 3.8) is 0 Å². The number of rotatable bonds is 6. The van der Waals surface area contributed by atoms with E-state index in [1.807, 2.05) is 13.1 Å². The largest absolute Gasteiger partial charge is 0.432 e. The molecule has 0 aliphatic rings. The summed E-state index contributed by atoms with van der Waals surface area (Å²) in [5.41, 5.74) is 2.18. The second kappa shape index (κ2) is 6.38. The maximum Gasteiger partial charge on any atom is 0.298 e. The normalized spacial score (nSPS) is 10.9. The SMILES string of the molecule is CNCc1coc(N(Cc2ccccc2)C(C)C)n1. The monoisotopic (exact) mass is 259 g/mol. The predicted molar refractivity (Wildman–Crippen MR) is 77.0 cm³/mol. The number of hydrogen-bond donors (Lipinski definition) is 1. The summed E-state index contributed by atoms with van der Waals surface area (Å²) in [4.78, 5) is 6.68. The quantitative estimate of drug-likeness (QED) is 0.866. The van der Waals surface area contributed by atoms with Gasteiger partial charge in [-0.2, -0.15) is 4.98 Å². The first-order valence-corrected chi connectivity index (χ1v) is 6.60. The number of benzene rings is 1. The van der Waals surface area contributed by atoms with Crippen LogP contribution in [-0.2, 0) is 13.1 Å². The number of oxazole rings is 1. The second-order valence-corrected chi connectivity index (χ2v) is 4.86. The highest BCUT2D eigenvalue weighted by atomic mass is 16.4. The molecule has 1 aromatic carbocycles. The summed E-state index contributed by atoms with van der Waals surface area (Å²) in [6, 6.07) is 11.4. The third-order valence-electron chi connectivity index (χ3n) is 2.96. The molecule has 0 fully saturated rings. The van der Waals surface area contributed by atoms with Gasteiger partial charge < -0.3 is 14.6 Å². The fourth-order valence-electron chi connectivity index (χ4n) is 1.94. The van der Waals surface area contributed by atoms with Crippen LogP contribution in [0.1, 0.15) is 25.1 Å². The van der Waals surface area contributed by atoms with Gasteiger partial charge in [0.15, 0.2) is 0 Å². The summed E-state index contributed by atoms with van der Waals surface area (Å²) in [5.74, 6) is 0. The Morgan fingerprint density at radius 1 is 1.26 bits per heavy atom. The molecule has 4 nitrogen and oxygen atoms in total. The molecule has 1 heterocycles. The van der Waals surface area contributed by atoms with Crippen molar-refractivity contribution in [1.29, 1.82) is 0 Å². The highest BCUT2D eigenvalue weighted by molar-refractivity contribution is 5.31. The Balaban J connectivity index is 2.15. The van der Waals surface area contributed by atoms with Gasteiger partial charge in [0.1, 0.15) is 6.26 Å². The first-order chi connectivity index (χ1) is 9.20. The van der Waals surface area contributed by atoms with Gasteiger partial charge in [-0.25, -0.2) is 0 Å². The third-order valence-corrected chi connectivity index (χ3v) is 2.96. The summed E-state index contributed by atoms with van der Waals surface area (Å²) in [6.07, 6.45) is 1.71. The first-order valence-electron chi connectivity index (χ1n) is 6.60. The molecule has 2 aromatic rings. The van der Waals surface area contributed by atoms with Crippen molar-refractivity contribution < 1.29 is 4.42 Å². The zero-order chi connectivity index (χ0) is 13.7. The number of nitrogens with zero attached hydrogens (tertiary/aromatic N) is 2. The van der Waals surface area contributed by atoms with E-state index < -0.39 is 0 Å². The molecule has 2 rings (SSSR count). The lowest BCUT2D eigenvalue weighted by molar-refractivity contribution is 0.509. The van der Waals surface area contributed by atoms with Crippen LogP contribution in [0.4, 0.5) is 6.01 Å². The van der Waals surface area contributed by atoms with Gasteiger partial charge in [-0.3, -0.25) is 0 Å². The molecule has 0 bridgehead atoms. The molecule has 0 aliphatic heterocycles. The average molecular weight is 259 g/mol. The zero-order valence-corrected chi connectivity index (χ0v) is 11.8. The molecule has 0 saturated heterocycles. The van der Waals surface area contributed by atoms with Crippen LogP contribution in [0.25, 0.3) is 0 Å². The van der Waals surface area contributed by atoms with E-state index in [-0.39, 0.29) is 0 Å². The van der Waals surface area contributed by atoms with Gasteiger partial charge in [0.25, 0.3) is 6.01 Å². The lowest BCUT2D eigenvalue weighted by atomic mass is 10.2. The fourth-order valence-corrected chi connectivity index (χ4v) is 1.94. The predicted octanol–water partition coefficient (Wildman–Crippen LogP) is 2.81. The van der Waals surface area contributed by atoms with Crippen molar-refractivity contribution in [1.82, 2.24) is 10.3 Å². The fraction of sp³-hybridized carbons (Fsp3) is 0.400. The van der Waals surface area contributed by atoms with Crippen LogP contribution >= 0.6 is 0 Å². The highest BCUT2D eigenvalue weighted by Crippen LogP contribution is 2.19. The van der Waals surface area contributed by atoms with Gasteiger partial charge in [0.05, 0.1) is 5.69 Å². The average Bonchev–Trinajstić information content (AvgIpc) is 2.85. The van der Waals surface area contributed by atoms with Gasteiger partial charge in [-0.15, -0.1) is 0 Å². The van der Waals surface area contributed by atoms with Crippen molar-refractivity contribution in [3.05, 3.63) is 47.9 Å². The van der Waals surface area contributed by atoms with Gasteiger partial charge in [-0.1, -0.05) is 30.3 Å². The van der Waals surface area contributed by atoms with Crippen molar-refractivity contribution >= 4 is 6.01 Å². The van der Waals surface area contributed by atoms with Crippen LogP contribution in [0.3, 0.4) is 0 Å². The van der Waals surface area contributed by atoms with E-state index in [4.69, 9.17) is 4.42 Å². The van der Waals surface area contributed by atoms with E-state index in [0.717, 1.165) is 18.8 Å². The second-order valence-electron chi connectivity index (χ2n) is 4.86. The number of hydrogen-bond acceptors (Lipinski definition) is 4. The molecule has 0 unspecified atom stereocenters. The Morgan fingerprint density at radius 3 is 2.63 bits per heavy atom. The Morgan fingerprint density at radius 2 is 2.00 bits per heavy atom. The van der Waals surface area contributed by atoms with E-state index >= 15 is 0 Å². The summed E-state index contributed by atoms with van der Waals surface area (Å²) < 4.78 is 5.59. The van der Waals surface area contributed by atoms with E-state index in [1.54, 1.807) is 6.26 Å². The molecule has 0 radical (unpaired) electrons. The molecule has 0 saturated carbocycles. The molecule has 0 atom stereocenters. The maximum absolute atomic E-state index is 5.59. The summed E-state index contributed by atoms with van der Waals surface area (Å²) in [5, 5.41) is 3.07. The third kappa shape index (κ3) is 3.58. The van der Waals surface area contributed by atoms with Gasteiger partial charge in [0, 0.05) is 19.1 Å². The molecule has 19 heavy (non-hydrogen) atoms. The summed E-state index contributed by atoms with van der Waals surface area (Å²) in [6.45, 7) is 5.81. The number of aromatic nitrogens is 1. The molecular weight excluding hydrogens is 238 g/mol. The minimum absolute atomic E-state index is 0.335. The van der Waals surface area contributed by atoms with Crippen molar-refractivity contribution in [2.24, 2.45) is 0 Å². The summed E-state index contributed by atoms with van der Waals surface area (Å²) >= 11 is 0. The van der Waals surface area contributed by atoms with Crippen LogP contribution in [0, 0.1) is 0 Å². The topological polar surface area (TPSA) is 41.3 Å². The lowest BCUT2D eigenvalue weighted by Crippen LogP contribution is -2.30. The molecule has 0 amide bonds.